The molecule has 0 fully saturated rings. The summed E-state index contributed by atoms with van der Waals surface area (Å²) in [7, 11) is 4.49. The number of carbonyl (C=O) groups excluding carboxylic acids is 1. The number of hydrogen-bond donors (Lipinski definition) is 1. The SMILES string of the molecule is COc1cc(C(=O)NCc2noc(Cc3ccccc3)n2)cc(OC)c1OC. The number of nitrogens with one attached hydrogen (secondary N) is 1. The number of aromatic nitrogens is 2. The van der Waals surface area contributed by atoms with Gasteiger partial charge in [0.1, 0.15) is 0 Å². The van der Waals surface area contributed by atoms with E-state index in [-0.39, 0.29) is 12.5 Å². The fraction of sp³-hybridized carbons (Fsp3) is 0.250. The van der Waals surface area contributed by atoms with Crippen molar-refractivity contribution in [2.75, 3.05) is 21.3 Å². The minimum absolute atomic E-state index is 0.133. The summed E-state index contributed by atoms with van der Waals surface area (Å²) in [5, 5.41) is 6.66. The van der Waals surface area contributed by atoms with Crippen LogP contribution in [0.3, 0.4) is 0 Å². The van der Waals surface area contributed by atoms with Crippen LogP contribution in [0, 0.1) is 0 Å². The molecule has 146 valence electrons. The Bertz CT molecular complexity index is 915. The van der Waals surface area contributed by atoms with Gasteiger partial charge < -0.3 is 24.1 Å². The second kappa shape index (κ2) is 8.90. The van der Waals surface area contributed by atoms with Gasteiger partial charge in [-0.2, -0.15) is 4.98 Å². The maximum Gasteiger partial charge on any atom is 0.251 e. The van der Waals surface area contributed by atoms with Crippen molar-refractivity contribution in [1.82, 2.24) is 15.5 Å². The Morgan fingerprint density at radius 2 is 1.71 bits per heavy atom. The molecule has 0 saturated carbocycles. The van der Waals surface area contributed by atoms with E-state index in [1.165, 1.54) is 21.3 Å². The lowest BCUT2D eigenvalue weighted by Gasteiger charge is -2.13. The number of rotatable bonds is 8. The predicted molar refractivity (Wildman–Crippen MR) is 101 cm³/mol. The Balaban J connectivity index is 1.66. The van der Waals surface area contributed by atoms with Crippen molar-refractivity contribution in [2.24, 2.45) is 0 Å². The van der Waals surface area contributed by atoms with Crippen molar-refractivity contribution in [3.05, 3.63) is 65.3 Å². The normalized spacial score (nSPS) is 10.4. The Labute approximate surface area is 162 Å². The fourth-order valence-corrected chi connectivity index (χ4v) is 2.68. The summed E-state index contributed by atoms with van der Waals surface area (Å²) in [5.74, 6) is 1.78. The van der Waals surface area contributed by atoms with Crippen molar-refractivity contribution >= 4 is 5.91 Å². The third kappa shape index (κ3) is 4.40. The molecule has 3 rings (SSSR count). The lowest BCUT2D eigenvalue weighted by Crippen LogP contribution is -2.23. The van der Waals surface area contributed by atoms with E-state index in [2.05, 4.69) is 15.5 Å². The van der Waals surface area contributed by atoms with E-state index in [0.717, 1.165) is 5.56 Å². The largest absolute Gasteiger partial charge is 0.493 e. The Morgan fingerprint density at radius 1 is 1.04 bits per heavy atom. The van der Waals surface area contributed by atoms with Crippen molar-refractivity contribution in [2.45, 2.75) is 13.0 Å². The molecule has 0 aliphatic rings. The van der Waals surface area contributed by atoms with Crippen molar-refractivity contribution < 1.29 is 23.5 Å². The average molecular weight is 383 g/mol. The van der Waals surface area contributed by atoms with Crippen LogP contribution in [0.15, 0.2) is 47.0 Å². The van der Waals surface area contributed by atoms with Gasteiger partial charge in [-0.3, -0.25) is 4.79 Å². The molecule has 1 amide bonds. The number of hydrogen-bond acceptors (Lipinski definition) is 7. The molecule has 8 heteroatoms. The lowest BCUT2D eigenvalue weighted by atomic mass is 10.1. The summed E-state index contributed by atoms with van der Waals surface area (Å²) in [6, 6.07) is 13.0. The molecule has 1 heterocycles. The van der Waals surface area contributed by atoms with Gasteiger partial charge >= 0.3 is 0 Å². The molecular weight excluding hydrogens is 362 g/mol. The summed E-state index contributed by atoms with van der Waals surface area (Å²) < 4.78 is 21.0. The third-order valence-corrected chi connectivity index (χ3v) is 4.04. The van der Waals surface area contributed by atoms with Crippen LogP contribution in [-0.4, -0.2) is 37.4 Å². The zero-order valence-electron chi connectivity index (χ0n) is 15.9. The van der Waals surface area contributed by atoms with E-state index < -0.39 is 0 Å². The van der Waals surface area contributed by atoms with Crippen LogP contribution >= 0.6 is 0 Å². The van der Waals surface area contributed by atoms with Crippen LogP contribution in [-0.2, 0) is 13.0 Å². The highest BCUT2D eigenvalue weighted by Gasteiger charge is 2.17. The minimum atomic E-state index is -0.325. The van der Waals surface area contributed by atoms with Gasteiger partial charge in [-0.15, -0.1) is 0 Å². The van der Waals surface area contributed by atoms with Crippen molar-refractivity contribution in [1.29, 1.82) is 0 Å². The molecule has 0 aliphatic carbocycles. The average Bonchev–Trinajstić information content (AvgIpc) is 3.18. The Kier molecular flexibility index (Phi) is 6.11. The van der Waals surface area contributed by atoms with Gasteiger partial charge in [0.2, 0.25) is 11.6 Å². The molecule has 0 saturated heterocycles. The van der Waals surface area contributed by atoms with E-state index in [4.69, 9.17) is 18.7 Å². The maximum absolute atomic E-state index is 12.5. The van der Waals surface area contributed by atoms with Crippen molar-refractivity contribution in [3.63, 3.8) is 0 Å². The lowest BCUT2D eigenvalue weighted by molar-refractivity contribution is 0.0949. The quantitative estimate of drug-likeness (QED) is 0.639. The summed E-state index contributed by atoms with van der Waals surface area (Å²) >= 11 is 0. The molecule has 2 aromatic carbocycles. The highest BCUT2D eigenvalue weighted by atomic mass is 16.5. The number of methoxy groups -OCH3 is 3. The van der Waals surface area contributed by atoms with Crippen LogP contribution in [0.25, 0.3) is 0 Å². The monoisotopic (exact) mass is 383 g/mol. The Hall–Kier alpha value is -3.55. The summed E-state index contributed by atoms with van der Waals surface area (Å²) in [6.45, 7) is 0.133. The highest BCUT2D eigenvalue weighted by molar-refractivity contribution is 5.95. The molecule has 3 aromatic rings. The number of amides is 1. The van der Waals surface area contributed by atoms with Crippen molar-refractivity contribution in [3.8, 4) is 17.2 Å². The van der Waals surface area contributed by atoms with Crippen LogP contribution in [0.2, 0.25) is 0 Å². The van der Waals surface area contributed by atoms with Crippen LogP contribution in [0.4, 0.5) is 0 Å². The standard InChI is InChI=1S/C20H21N3O5/c1-25-15-10-14(11-16(26-2)19(15)27-3)20(24)21-12-17-22-18(28-23-17)9-13-7-5-4-6-8-13/h4-8,10-11H,9,12H2,1-3H3,(H,21,24). The second-order valence-corrected chi connectivity index (χ2v) is 5.86. The van der Waals surface area contributed by atoms with Gasteiger partial charge in [0.05, 0.1) is 34.3 Å². The smallest absolute Gasteiger partial charge is 0.251 e. The molecule has 0 bridgehead atoms. The summed E-state index contributed by atoms with van der Waals surface area (Å²) in [4.78, 5) is 16.8. The molecule has 1 aromatic heterocycles. The predicted octanol–water partition coefficient (Wildman–Crippen LogP) is 2.62. The molecule has 28 heavy (non-hydrogen) atoms. The first-order chi connectivity index (χ1) is 13.6. The summed E-state index contributed by atoms with van der Waals surface area (Å²) in [6.07, 6.45) is 0.536. The number of nitrogens with zero attached hydrogens (tertiary/aromatic N) is 2. The van der Waals surface area contributed by atoms with Gasteiger partial charge in [-0.25, -0.2) is 0 Å². The van der Waals surface area contributed by atoms with E-state index >= 15 is 0 Å². The van der Waals surface area contributed by atoms with Gasteiger partial charge in [0, 0.05) is 5.56 Å². The molecule has 0 spiro atoms. The highest BCUT2D eigenvalue weighted by Crippen LogP contribution is 2.38. The first-order valence-corrected chi connectivity index (χ1v) is 8.58. The number of ether oxygens (including phenoxy) is 3. The first-order valence-electron chi connectivity index (χ1n) is 8.58. The first kappa shape index (κ1) is 19.2. The number of benzene rings is 2. The molecule has 0 atom stereocenters. The molecule has 0 radical (unpaired) electrons. The van der Waals surface area contributed by atoms with E-state index in [1.807, 2.05) is 30.3 Å². The zero-order valence-corrected chi connectivity index (χ0v) is 15.9. The molecule has 0 aliphatic heterocycles. The minimum Gasteiger partial charge on any atom is -0.493 e. The molecule has 1 N–H and O–H groups in total. The van der Waals surface area contributed by atoms with Gasteiger partial charge in [-0.05, 0) is 17.7 Å². The molecular formula is C20H21N3O5. The fourth-order valence-electron chi connectivity index (χ4n) is 2.68. The van der Waals surface area contributed by atoms with Gasteiger partial charge in [0.25, 0.3) is 5.91 Å². The van der Waals surface area contributed by atoms with Crippen LogP contribution in [0.5, 0.6) is 17.2 Å². The number of carbonyl (C=O) groups is 1. The van der Waals surface area contributed by atoms with E-state index in [9.17, 15) is 4.79 Å². The maximum atomic E-state index is 12.5. The molecule has 0 unspecified atom stereocenters. The van der Waals surface area contributed by atoms with Gasteiger partial charge in [0.15, 0.2) is 17.3 Å². The van der Waals surface area contributed by atoms with Gasteiger partial charge in [-0.1, -0.05) is 35.5 Å². The Morgan fingerprint density at radius 3 is 2.32 bits per heavy atom. The summed E-state index contributed by atoms with van der Waals surface area (Å²) in [5.41, 5.74) is 1.43. The van der Waals surface area contributed by atoms with E-state index in [1.54, 1.807) is 12.1 Å². The van der Waals surface area contributed by atoms with E-state index in [0.29, 0.717) is 40.9 Å². The molecule has 8 nitrogen and oxygen atoms in total. The second-order valence-electron chi connectivity index (χ2n) is 5.86. The third-order valence-electron chi connectivity index (χ3n) is 4.04. The van der Waals surface area contributed by atoms with Crippen LogP contribution < -0.4 is 19.5 Å². The zero-order chi connectivity index (χ0) is 19.9. The van der Waals surface area contributed by atoms with Crippen LogP contribution in [0.1, 0.15) is 27.6 Å². The topological polar surface area (TPSA) is 95.7 Å².